The molecule has 1 rings (SSSR count). The molecule has 1 aromatic rings. The van der Waals surface area contributed by atoms with E-state index in [0.717, 1.165) is 4.88 Å². The van der Waals surface area contributed by atoms with Crippen molar-refractivity contribution in [3.63, 3.8) is 0 Å². The van der Waals surface area contributed by atoms with E-state index in [4.69, 9.17) is 5.14 Å². The molecule has 0 aliphatic rings. The molecule has 1 unspecified atom stereocenters. The summed E-state index contributed by atoms with van der Waals surface area (Å²) in [5.41, 5.74) is 0. The highest BCUT2D eigenvalue weighted by Crippen LogP contribution is 2.22. The molecular weight excluding hydrogens is 180 g/mol. The second-order valence-corrected chi connectivity index (χ2v) is 4.78. The molecule has 0 amide bonds. The molecule has 0 saturated heterocycles. The second-order valence-electron chi connectivity index (χ2n) is 2.48. The van der Waals surface area contributed by atoms with E-state index in [1.54, 1.807) is 6.20 Å². The van der Waals surface area contributed by atoms with Crippen LogP contribution in [0.3, 0.4) is 0 Å². The van der Waals surface area contributed by atoms with Crippen molar-refractivity contribution in [1.82, 2.24) is 4.98 Å². The number of rotatable bonds is 2. The Kier molecular flexibility index (Phi) is 2.75. The Morgan fingerprint density at radius 1 is 1.73 bits per heavy atom. The van der Waals surface area contributed by atoms with Crippen LogP contribution in [-0.2, 0) is 11.0 Å². The lowest BCUT2D eigenvalue weighted by Gasteiger charge is -1.95. The van der Waals surface area contributed by atoms with E-state index in [1.165, 1.54) is 11.3 Å². The summed E-state index contributed by atoms with van der Waals surface area (Å²) in [6.45, 7) is 4.13. The van der Waals surface area contributed by atoms with E-state index in [2.05, 4.69) is 18.8 Å². The Bertz CT molecular complexity index is 269. The van der Waals surface area contributed by atoms with Crippen molar-refractivity contribution < 1.29 is 4.21 Å². The first kappa shape index (κ1) is 8.83. The molecule has 1 atom stereocenters. The molecule has 0 aromatic carbocycles. The third kappa shape index (κ3) is 2.08. The first-order chi connectivity index (χ1) is 5.11. The van der Waals surface area contributed by atoms with Gasteiger partial charge in [0.25, 0.3) is 0 Å². The topological polar surface area (TPSA) is 56.0 Å². The van der Waals surface area contributed by atoms with Crippen molar-refractivity contribution in [2.24, 2.45) is 5.14 Å². The van der Waals surface area contributed by atoms with E-state index in [-0.39, 0.29) is 0 Å². The van der Waals surface area contributed by atoms with Crippen LogP contribution in [0.15, 0.2) is 10.5 Å². The highest BCUT2D eigenvalue weighted by Gasteiger charge is 2.07. The summed E-state index contributed by atoms with van der Waals surface area (Å²) in [6, 6.07) is 0. The number of hydrogen-bond donors (Lipinski definition) is 1. The van der Waals surface area contributed by atoms with Gasteiger partial charge in [-0.25, -0.2) is 14.3 Å². The predicted molar refractivity (Wildman–Crippen MR) is 46.8 cm³/mol. The lowest BCUT2D eigenvalue weighted by molar-refractivity contribution is 0.683. The zero-order chi connectivity index (χ0) is 8.43. The van der Waals surface area contributed by atoms with E-state index in [0.29, 0.717) is 10.3 Å². The first-order valence-electron chi connectivity index (χ1n) is 3.23. The molecule has 5 heteroatoms. The number of nitrogens with zero attached hydrogens (tertiary/aromatic N) is 1. The van der Waals surface area contributed by atoms with Crippen LogP contribution in [-0.4, -0.2) is 9.19 Å². The van der Waals surface area contributed by atoms with Crippen LogP contribution in [0.5, 0.6) is 0 Å². The number of aromatic nitrogens is 1. The number of thiazole rings is 1. The fourth-order valence-corrected chi connectivity index (χ4v) is 2.05. The maximum Gasteiger partial charge on any atom is 0.196 e. The number of hydrogen-bond acceptors (Lipinski definition) is 3. The summed E-state index contributed by atoms with van der Waals surface area (Å²) in [6.07, 6.45) is 1.73. The van der Waals surface area contributed by atoms with Gasteiger partial charge in [-0.05, 0) is 5.92 Å². The lowest BCUT2D eigenvalue weighted by Crippen LogP contribution is -2.00. The van der Waals surface area contributed by atoms with Gasteiger partial charge in [0.05, 0.1) is 0 Å². The second kappa shape index (κ2) is 3.42. The predicted octanol–water partition coefficient (Wildman–Crippen LogP) is 1.25. The van der Waals surface area contributed by atoms with Gasteiger partial charge in [-0.3, -0.25) is 0 Å². The van der Waals surface area contributed by atoms with Crippen molar-refractivity contribution in [2.45, 2.75) is 24.1 Å². The van der Waals surface area contributed by atoms with Gasteiger partial charge in [0.2, 0.25) is 0 Å². The first-order valence-corrected chi connectivity index (χ1v) is 5.26. The van der Waals surface area contributed by atoms with E-state index >= 15 is 0 Å². The molecule has 1 heterocycles. The Balaban J connectivity index is 2.90. The molecule has 2 N–H and O–H groups in total. The summed E-state index contributed by atoms with van der Waals surface area (Å²) in [5.74, 6) is 0.435. The minimum Gasteiger partial charge on any atom is -0.246 e. The standard InChI is InChI=1S/C6H10N2OS2/c1-4(2)5-3-8-6(10-5)11(7)9/h3-4H,7H2,1-2H3. The summed E-state index contributed by atoms with van der Waals surface area (Å²) < 4.78 is 11.2. The van der Waals surface area contributed by atoms with Gasteiger partial charge in [-0.2, -0.15) is 0 Å². The molecule has 0 fully saturated rings. The monoisotopic (exact) mass is 190 g/mol. The van der Waals surface area contributed by atoms with Gasteiger partial charge in [-0.15, -0.1) is 11.3 Å². The Morgan fingerprint density at radius 2 is 2.36 bits per heavy atom. The summed E-state index contributed by atoms with van der Waals surface area (Å²) in [5, 5.41) is 5.15. The fourth-order valence-electron chi connectivity index (χ4n) is 0.630. The fraction of sp³-hybridized carbons (Fsp3) is 0.500. The van der Waals surface area contributed by atoms with Gasteiger partial charge in [0, 0.05) is 11.1 Å². The van der Waals surface area contributed by atoms with Crippen molar-refractivity contribution in [3.8, 4) is 0 Å². The minimum atomic E-state index is -1.42. The van der Waals surface area contributed by atoms with Crippen molar-refractivity contribution in [3.05, 3.63) is 11.1 Å². The Hall–Kier alpha value is -0.260. The van der Waals surface area contributed by atoms with Crippen LogP contribution >= 0.6 is 11.3 Å². The van der Waals surface area contributed by atoms with Gasteiger partial charge in [-0.1, -0.05) is 13.8 Å². The van der Waals surface area contributed by atoms with Crippen LogP contribution in [0.25, 0.3) is 0 Å². The zero-order valence-electron chi connectivity index (χ0n) is 6.40. The molecule has 3 nitrogen and oxygen atoms in total. The van der Waals surface area contributed by atoms with Gasteiger partial charge in [0.1, 0.15) is 0 Å². The summed E-state index contributed by atoms with van der Waals surface area (Å²) in [4.78, 5) is 5.05. The van der Waals surface area contributed by atoms with E-state index < -0.39 is 11.0 Å². The van der Waals surface area contributed by atoms with E-state index in [1.807, 2.05) is 0 Å². The Morgan fingerprint density at radius 3 is 2.64 bits per heavy atom. The molecule has 62 valence electrons. The molecule has 11 heavy (non-hydrogen) atoms. The molecule has 1 aromatic heterocycles. The lowest BCUT2D eigenvalue weighted by atomic mass is 10.2. The molecule has 0 saturated carbocycles. The average Bonchev–Trinajstić information content (AvgIpc) is 2.33. The van der Waals surface area contributed by atoms with Gasteiger partial charge < -0.3 is 0 Å². The third-order valence-corrected chi connectivity index (χ3v) is 3.53. The van der Waals surface area contributed by atoms with Crippen LogP contribution in [0, 0.1) is 0 Å². The number of nitrogens with two attached hydrogens (primary N) is 1. The van der Waals surface area contributed by atoms with Crippen LogP contribution < -0.4 is 5.14 Å². The average molecular weight is 190 g/mol. The SMILES string of the molecule is CC(C)c1cnc(S(N)=O)s1. The van der Waals surface area contributed by atoms with Crippen LogP contribution in [0.1, 0.15) is 24.6 Å². The molecule has 0 spiro atoms. The van der Waals surface area contributed by atoms with Crippen molar-refractivity contribution in [2.75, 3.05) is 0 Å². The Labute approximate surface area is 72.2 Å². The maximum atomic E-state index is 10.7. The van der Waals surface area contributed by atoms with Gasteiger partial charge in [0.15, 0.2) is 15.3 Å². The molecule has 0 aliphatic carbocycles. The quantitative estimate of drug-likeness (QED) is 0.763. The maximum absolute atomic E-state index is 10.7. The third-order valence-electron chi connectivity index (χ3n) is 1.24. The highest BCUT2D eigenvalue weighted by atomic mass is 32.2. The molecular formula is C6H10N2OS2. The zero-order valence-corrected chi connectivity index (χ0v) is 8.04. The van der Waals surface area contributed by atoms with E-state index in [9.17, 15) is 4.21 Å². The largest absolute Gasteiger partial charge is 0.246 e. The van der Waals surface area contributed by atoms with Gasteiger partial charge >= 0.3 is 0 Å². The van der Waals surface area contributed by atoms with Crippen LogP contribution in [0.2, 0.25) is 0 Å². The molecule has 0 radical (unpaired) electrons. The summed E-state index contributed by atoms with van der Waals surface area (Å²) in [7, 11) is -1.42. The van der Waals surface area contributed by atoms with Crippen LogP contribution in [0.4, 0.5) is 0 Å². The normalized spacial score (nSPS) is 13.8. The van der Waals surface area contributed by atoms with Crippen molar-refractivity contribution in [1.29, 1.82) is 0 Å². The molecule has 0 bridgehead atoms. The minimum absolute atomic E-state index is 0.435. The summed E-state index contributed by atoms with van der Waals surface area (Å²) >= 11 is 1.41. The van der Waals surface area contributed by atoms with Crippen molar-refractivity contribution >= 4 is 22.3 Å². The highest BCUT2D eigenvalue weighted by molar-refractivity contribution is 7.84. The molecule has 0 aliphatic heterocycles. The smallest absolute Gasteiger partial charge is 0.196 e.